The third kappa shape index (κ3) is 3.14. The summed E-state index contributed by atoms with van der Waals surface area (Å²) in [5.74, 6) is 1.68. The van der Waals surface area contributed by atoms with E-state index in [-0.39, 0.29) is 10.8 Å². The fraction of sp³-hybridized carbons (Fsp3) is 0.900. The van der Waals surface area contributed by atoms with Crippen molar-refractivity contribution in [3.05, 3.63) is 11.6 Å². The van der Waals surface area contributed by atoms with Gasteiger partial charge in [-0.2, -0.15) is 5.10 Å². The summed E-state index contributed by atoms with van der Waals surface area (Å²) in [5.41, 5.74) is 0.0151. The molecule has 1 saturated heterocycles. The average molecular weight is 350 g/mol. The fourth-order valence-electron chi connectivity index (χ4n) is 4.63. The molecule has 2 aliphatic heterocycles. The Morgan fingerprint density at radius 3 is 2.44 bits per heavy atom. The molecule has 1 aromatic rings. The highest BCUT2D eigenvalue weighted by molar-refractivity contribution is 5.18. The standard InChI is InChI=1S/C20H35N3O2/c1-6-9-10-16-21-17-19(5,18(4,7-2)8-3)15-20(24-13-14-25-20)11-12-23(17)22-16/h6-15H2,1-5H3. The normalized spacial score (nSPS) is 26.0. The molecule has 5 heteroatoms. The van der Waals surface area contributed by atoms with Gasteiger partial charge >= 0.3 is 0 Å². The molecule has 0 saturated carbocycles. The van der Waals surface area contributed by atoms with Gasteiger partial charge in [-0.05, 0) is 24.7 Å². The van der Waals surface area contributed by atoms with E-state index in [1.165, 1.54) is 6.42 Å². The molecule has 1 fully saturated rings. The van der Waals surface area contributed by atoms with Crippen LogP contribution < -0.4 is 0 Å². The summed E-state index contributed by atoms with van der Waals surface area (Å²) < 4.78 is 14.5. The summed E-state index contributed by atoms with van der Waals surface area (Å²) in [6.07, 6.45) is 7.22. The fourth-order valence-corrected chi connectivity index (χ4v) is 4.63. The summed E-state index contributed by atoms with van der Waals surface area (Å²) >= 11 is 0. The maximum atomic E-state index is 6.15. The van der Waals surface area contributed by atoms with Crippen LogP contribution in [0.3, 0.4) is 0 Å². The molecule has 25 heavy (non-hydrogen) atoms. The highest BCUT2D eigenvalue weighted by Crippen LogP contribution is 2.53. The van der Waals surface area contributed by atoms with Crippen LogP contribution in [-0.2, 0) is 27.9 Å². The van der Waals surface area contributed by atoms with Crippen molar-refractivity contribution in [1.82, 2.24) is 14.8 Å². The van der Waals surface area contributed by atoms with E-state index in [1.54, 1.807) is 0 Å². The predicted octanol–water partition coefficient (Wildman–Crippen LogP) is 4.24. The van der Waals surface area contributed by atoms with Gasteiger partial charge in [-0.1, -0.05) is 41.0 Å². The number of aryl methyl sites for hydroxylation is 2. The number of hydrogen-bond donors (Lipinski definition) is 0. The van der Waals surface area contributed by atoms with Gasteiger partial charge in [0.15, 0.2) is 11.6 Å². The Morgan fingerprint density at radius 2 is 1.84 bits per heavy atom. The Bertz CT molecular complexity index is 588. The van der Waals surface area contributed by atoms with Crippen LogP contribution in [0, 0.1) is 5.41 Å². The summed E-state index contributed by atoms with van der Waals surface area (Å²) in [6, 6.07) is 0. The molecule has 1 unspecified atom stereocenters. The second kappa shape index (κ2) is 6.99. The molecule has 1 atom stereocenters. The number of nitrogens with zero attached hydrogens (tertiary/aromatic N) is 3. The van der Waals surface area contributed by atoms with Crippen LogP contribution >= 0.6 is 0 Å². The van der Waals surface area contributed by atoms with E-state index in [9.17, 15) is 0 Å². The molecule has 0 amide bonds. The van der Waals surface area contributed by atoms with E-state index in [2.05, 4.69) is 39.3 Å². The van der Waals surface area contributed by atoms with Gasteiger partial charge in [0.2, 0.25) is 0 Å². The highest BCUT2D eigenvalue weighted by Gasteiger charge is 2.55. The lowest BCUT2D eigenvalue weighted by Gasteiger charge is -2.47. The zero-order valence-electron chi connectivity index (χ0n) is 16.7. The van der Waals surface area contributed by atoms with Crippen LogP contribution in [0.25, 0.3) is 0 Å². The molecule has 3 heterocycles. The highest BCUT2D eigenvalue weighted by atomic mass is 16.7. The molecular formula is C20H35N3O2. The lowest BCUT2D eigenvalue weighted by molar-refractivity contribution is -0.183. The number of ether oxygens (including phenoxy) is 2. The molecule has 2 aliphatic rings. The monoisotopic (exact) mass is 349 g/mol. The molecule has 0 aromatic carbocycles. The molecule has 0 aliphatic carbocycles. The third-order valence-corrected chi connectivity index (χ3v) is 7.00. The molecule has 1 aromatic heterocycles. The molecule has 0 radical (unpaired) electrons. The zero-order valence-corrected chi connectivity index (χ0v) is 16.7. The molecule has 142 valence electrons. The molecule has 5 nitrogen and oxygen atoms in total. The van der Waals surface area contributed by atoms with Crippen molar-refractivity contribution in [3.8, 4) is 0 Å². The van der Waals surface area contributed by atoms with Gasteiger partial charge in [0.25, 0.3) is 0 Å². The van der Waals surface area contributed by atoms with Crippen molar-refractivity contribution in [2.75, 3.05) is 13.2 Å². The van der Waals surface area contributed by atoms with E-state index in [1.807, 2.05) is 0 Å². The van der Waals surface area contributed by atoms with Crippen LogP contribution in [-0.4, -0.2) is 33.8 Å². The van der Waals surface area contributed by atoms with Gasteiger partial charge in [0, 0.05) is 31.2 Å². The predicted molar refractivity (Wildman–Crippen MR) is 98.5 cm³/mol. The Labute approximate surface area is 152 Å². The largest absolute Gasteiger partial charge is 0.347 e. The Balaban J connectivity index is 2.05. The number of hydrogen-bond acceptors (Lipinski definition) is 4. The van der Waals surface area contributed by atoms with Crippen LogP contribution in [0.15, 0.2) is 0 Å². The first-order valence-electron chi connectivity index (χ1n) is 10.1. The zero-order chi connectivity index (χ0) is 18.1. The Kier molecular flexibility index (Phi) is 5.27. The van der Waals surface area contributed by atoms with Gasteiger partial charge in [-0.3, -0.25) is 0 Å². The lowest BCUT2D eigenvalue weighted by Crippen LogP contribution is -2.47. The molecule has 3 rings (SSSR count). The van der Waals surface area contributed by atoms with Crippen LogP contribution in [0.1, 0.15) is 84.8 Å². The van der Waals surface area contributed by atoms with Crippen LogP contribution in [0.2, 0.25) is 0 Å². The Hall–Kier alpha value is -0.940. The van der Waals surface area contributed by atoms with Crippen molar-refractivity contribution in [1.29, 1.82) is 0 Å². The average Bonchev–Trinajstić information content (AvgIpc) is 3.22. The van der Waals surface area contributed by atoms with E-state index >= 15 is 0 Å². The first kappa shape index (κ1) is 18.8. The minimum atomic E-state index is -0.466. The quantitative estimate of drug-likeness (QED) is 0.771. The summed E-state index contributed by atoms with van der Waals surface area (Å²) in [6.45, 7) is 13.8. The van der Waals surface area contributed by atoms with Gasteiger partial charge < -0.3 is 9.47 Å². The first-order valence-corrected chi connectivity index (χ1v) is 10.1. The number of rotatable bonds is 6. The number of fused-ring (bicyclic) bond motifs is 1. The van der Waals surface area contributed by atoms with Crippen molar-refractivity contribution < 1.29 is 9.47 Å². The third-order valence-electron chi connectivity index (χ3n) is 7.00. The lowest BCUT2D eigenvalue weighted by atomic mass is 9.59. The number of unbranched alkanes of at least 4 members (excludes halogenated alkanes) is 1. The summed E-state index contributed by atoms with van der Waals surface area (Å²) in [7, 11) is 0. The van der Waals surface area contributed by atoms with Crippen molar-refractivity contribution >= 4 is 0 Å². The van der Waals surface area contributed by atoms with E-state index in [0.29, 0.717) is 13.2 Å². The van der Waals surface area contributed by atoms with Gasteiger partial charge in [-0.25, -0.2) is 9.67 Å². The molecule has 1 spiro atoms. The minimum Gasteiger partial charge on any atom is -0.347 e. The van der Waals surface area contributed by atoms with E-state index in [0.717, 1.165) is 56.7 Å². The van der Waals surface area contributed by atoms with Gasteiger partial charge in [0.05, 0.1) is 13.2 Å². The smallest absolute Gasteiger partial charge is 0.171 e. The van der Waals surface area contributed by atoms with E-state index in [4.69, 9.17) is 19.6 Å². The maximum absolute atomic E-state index is 6.15. The second-order valence-corrected chi connectivity index (χ2v) is 8.31. The summed E-state index contributed by atoms with van der Waals surface area (Å²) in [4.78, 5) is 5.06. The van der Waals surface area contributed by atoms with Gasteiger partial charge in [0.1, 0.15) is 5.82 Å². The SMILES string of the molecule is CCCCc1nc2n(n1)CCC1(CC2(C)C(C)(CC)CC)OCCO1. The van der Waals surface area contributed by atoms with Crippen LogP contribution in [0.4, 0.5) is 0 Å². The first-order chi connectivity index (χ1) is 11.9. The van der Waals surface area contributed by atoms with Gasteiger partial charge in [-0.15, -0.1) is 0 Å². The number of aromatic nitrogens is 3. The second-order valence-electron chi connectivity index (χ2n) is 8.31. The minimum absolute atomic E-state index is 0.116. The van der Waals surface area contributed by atoms with Crippen molar-refractivity contribution in [3.63, 3.8) is 0 Å². The maximum Gasteiger partial charge on any atom is 0.171 e. The summed E-state index contributed by atoms with van der Waals surface area (Å²) in [5, 5.41) is 4.87. The van der Waals surface area contributed by atoms with Crippen molar-refractivity contribution in [2.24, 2.45) is 5.41 Å². The molecule has 0 N–H and O–H groups in total. The topological polar surface area (TPSA) is 49.2 Å². The van der Waals surface area contributed by atoms with E-state index < -0.39 is 5.79 Å². The molecular weight excluding hydrogens is 314 g/mol. The van der Waals surface area contributed by atoms with Crippen LogP contribution in [0.5, 0.6) is 0 Å². The van der Waals surface area contributed by atoms with Crippen molar-refractivity contribution in [2.45, 2.75) is 97.3 Å². The molecule has 0 bridgehead atoms. The Morgan fingerprint density at radius 1 is 1.16 bits per heavy atom.